The summed E-state index contributed by atoms with van der Waals surface area (Å²) in [5.74, 6) is 1.98. The third-order valence-corrected chi connectivity index (χ3v) is 10.7. The van der Waals surface area contributed by atoms with Crippen LogP contribution in [0.2, 0.25) is 0 Å². The zero-order chi connectivity index (χ0) is 35.3. The fourth-order valence-electron chi connectivity index (χ4n) is 5.60. The summed E-state index contributed by atoms with van der Waals surface area (Å²) in [5.41, 5.74) is 8.35. The van der Waals surface area contributed by atoms with Crippen molar-refractivity contribution in [1.29, 1.82) is 5.41 Å². The Kier molecular flexibility index (Phi) is 11.6. The molecule has 1 amide bonds. The second-order valence-electron chi connectivity index (χ2n) is 13.6. The van der Waals surface area contributed by atoms with E-state index in [1.807, 2.05) is 37.8 Å². The molecular formula is C34H49N11O3S. The number of fused-ring (bicyclic) bond motifs is 1. The summed E-state index contributed by atoms with van der Waals surface area (Å²) in [6.07, 6.45) is 5.54. The van der Waals surface area contributed by atoms with Crippen molar-refractivity contribution < 1.29 is 14.1 Å². The molecule has 14 nitrogen and oxygen atoms in total. The summed E-state index contributed by atoms with van der Waals surface area (Å²) >= 11 is -1.38. The van der Waals surface area contributed by atoms with E-state index in [-0.39, 0.29) is 5.91 Å². The fourth-order valence-corrected chi connectivity index (χ4v) is 6.79. The summed E-state index contributed by atoms with van der Waals surface area (Å²) in [6.45, 7) is 17.0. The molecule has 3 aromatic rings. The summed E-state index contributed by atoms with van der Waals surface area (Å²) < 4.78 is 19.5. The summed E-state index contributed by atoms with van der Waals surface area (Å²) in [6, 6.07) is 3.64. The molecule has 49 heavy (non-hydrogen) atoms. The summed E-state index contributed by atoms with van der Waals surface area (Å²) in [5, 5.41) is 11.7. The van der Waals surface area contributed by atoms with Crippen molar-refractivity contribution in [3.63, 3.8) is 0 Å². The van der Waals surface area contributed by atoms with Crippen molar-refractivity contribution in [3.8, 4) is 5.75 Å². The van der Waals surface area contributed by atoms with Gasteiger partial charge in [-0.25, -0.2) is 19.9 Å². The number of nitrogens with zero attached hydrogens (tertiary/aromatic N) is 8. The number of carbonyl (C=O) groups is 1. The first-order chi connectivity index (χ1) is 23.3. The SMILES string of the molecule is CC(=N)/C(C)=C(\N)Nc1ncnc2cc(OCCCN3CCN(c4ncc(C(=O)N5CCN(C)CC5)cn4)CC3)c([S+]([O-])C(C)(C)C)cc12. The van der Waals surface area contributed by atoms with Crippen molar-refractivity contribution in [3.05, 3.63) is 47.8 Å². The molecule has 2 saturated heterocycles. The minimum absolute atomic E-state index is 0.00917. The molecule has 1 aromatic carbocycles. The van der Waals surface area contributed by atoms with Crippen LogP contribution in [0.25, 0.3) is 10.9 Å². The molecule has 2 aromatic heterocycles. The predicted octanol–water partition coefficient (Wildman–Crippen LogP) is 2.95. The lowest BCUT2D eigenvalue weighted by Gasteiger charge is -2.35. The van der Waals surface area contributed by atoms with Gasteiger partial charge in [-0.1, -0.05) is 0 Å². The Bertz CT molecular complexity index is 1660. The Hall–Kier alpha value is -4.05. The van der Waals surface area contributed by atoms with Gasteiger partial charge in [0.2, 0.25) is 5.95 Å². The molecule has 5 rings (SSSR count). The van der Waals surface area contributed by atoms with E-state index >= 15 is 0 Å². The second-order valence-corrected chi connectivity index (χ2v) is 15.8. The topological polar surface area (TPSA) is 176 Å². The highest BCUT2D eigenvalue weighted by Gasteiger charge is 2.32. The number of anilines is 2. The number of nitrogens with two attached hydrogens (primary N) is 1. The average molecular weight is 692 g/mol. The van der Waals surface area contributed by atoms with Gasteiger partial charge in [0.15, 0.2) is 10.6 Å². The quantitative estimate of drug-likeness (QED) is 0.153. The van der Waals surface area contributed by atoms with Gasteiger partial charge in [-0.3, -0.25) is 9.69 Å². The fraction of sp³-hybridized carbons (Fsp3) is 0.529. The van der Waals surface area contributed by atoms with Gasteiger partial charge in [0.25, 0.3) is 5.91 Å². The second kappa shape index (κ2) is 15.7. The number of amides is 1. The highest BCUT2D eigenvalue weighted by atomic mass is 32.2. The molecule has 1 unspecified atom stereocenters. The van der Waals surface area contributed by atoms with Crippen LogP contribution in [0.1, 0.15) is 51.4 Å². The van der Waals surface area contributed by atoms with Crippen LogP contribution < -0.4 is 20.7 Å². The minimum Gasteiger partial charge on any atom is -0.611 e. The number of allylic oxidation sites excluding steroid dienone is 1. The van der Waals surface area contributed by atoms with Crippen LogP contribution in [0, 0.1) is 5.41 Å². The van der Waals surface area contributed by atoms with Crippen LogP contribution in [0.15, 0.2) is 47.1 Å². The van der Waals surface area contributed by atoms with Gasteiger partial charge < -0.3 is 40.4 Å². The third kappa shape index (κ3) is 8.95. The first-order valence-corrected chi connectivity index (χ1v) is 17.9. The number of aromatic nitrogens is 4. The summed E-state index contributed by atoms with van der Waals surface area (Å²) in [4.78, 5) is 39.9. The lowest BCUT2D eigenvalue weighted by atomic mass is 10.2. The van der Waals surface area contributed by atoms with Crippen molar-refractivity contribution >= 4 is 45.5 Å². The van der Waals surface area contributed by atoms with E-state index in [4.69, 9.17) is 15.9 Å². The molecule has 4 N–H and O–H groups in total. The van der Waals surface area contributed by atoms with E-state index in [2.05, 4.69) is 47.0 Å². The number of likely N-dealkylation sites (N-methyl/N-ethyl adjacent to an activating group) is 1. The number of benzene rings is 1. The van der Waals surface area contributed by atoms with Crippen LogP contribution in [0.3, 0.4) is 0 Å². The molecule has 4 heterocycles. The van der Waals surface area contributed by atoms with Crippen LogP contribution >= 0.6 is 0 Å². The molecule has 2 fully saturated rings. The molecule has 264 valence electrons. The molecule has 2 aliphatic rings. The molecule has 2 aliphatic heterocycles. The van der Waals surface area contributed by atoms with E-state index in [1.54, 1.807) is 26.2 Å². The largest absolute Gasteiger partial charge is 0.611 e. The highest BCUT2D eigenvalue weighted by Crippen LogP contribution is 2.36. The van der Waals surface area contributed by atoms with Crippen molar-refractivity contribution in [2.24, 2.45) is 5.73 Å². The Labute approximate surface area is 291 Å². The molecule has 0 bridgehead atoms. The lowest BCUT2D eigenvalue weighted by molar-refractivity contribution is 0.0663. The number of carbonyl (C=O) groups excluding carboxylic acids is 1. The molecule has 0 spiro atoms. The smallest absolute Gasteiger partial charge is 0.257 e. The number of rotatable bonds is 11. The Morgan fingerprint density at radius 1 is 1.02 bits per heavy atom. The molecule has 0 aliphatic carbocycles. The number of hydrogen-bond acceptors (Lipinski definition) is 13. The van der Waals surface area contributed by atoms with Crippen LogP contribution in [-0.4, -0.2) is 128 Å². The zero-order valence-electron chi connectivity index (χ0n) is 29.5. The van der Waals surface area contributed by atoms with E-state index in [1.165, 1.54) is 6.33 Å². The first-order valence-electron chi connectivity index (χ1n) is 16.7. The normalized spacial score (nSPS) is 17.5. The Balaban J connectivity index is 1.17. The van der Waals surface area contributed by atoms with Gasteiger partial charge in [-0.05, 0) is 59.3 Å². The maximum Gasteiger partial charge on any atom is 0.257 e. The van der Waals surface area contributed by atoms with Gasteiger partial charge in [0.05, 0.1) is 17.7 Å². The maximum atomic E-state index is 13.7. The van der Waals surface area contributed by atoms with Crippen molar-refractivity contribution in [1.82, 2.24) is 34.6 Å². The van der Waals surface area contributed by atoms with Gasteiger partial charge in [0, 0.05) is 100 Å². The molecule has 0 saturated carbocycles. The lowest BCUT2D eigenvalue weighted by Crippen LogP contribution is -2.48. The van der Waals surface area contributed by atoms with Crippen LogP contribution in [0.5, 0.6) is 5.75 Å². The molecule has 1 atom stereocenters. The van der Waals surface area contributed by atoms with Gasteiger partial charge in [-0.2, -0.15) is 0 Å². The maximum absolute atomic E-state index is 13.7. The van der Waals surface area contributed by atoms with E-state index in [0.29, 0.717) is 62.6 Å². The number of nitrogens with one attached hydrogen (secondary N) is 2. The van der Waals surface area contributed by atoms with Crippen molar-refractivity contribution in [2.45, 2.75) is 50.7 Å². The van der Waals surface area contributed by atoms with Gasteiger partial charge >= 0.3 is 0 Å². The van der Waals surface area contributed by atoms with Crippen LogP contribution in [-0.2, 0) is 11.2 Å². The minimum atomic E-state index is -1.38. The van der Waals surface area contributed by atoms with E-state index < -0.39 is 15.9 Å². The van der Waals surface area contributed by atoms with Gasteiger partial charge in [-0.15, -0.1) is 0 Å². The number of ether oxygens (including phenoxy) is 1. The van der Waals surface area contributed by atoms with E-state index in [0.717, 1.165) is 65.3 Å². The van der Waals surface area contributed by atoms with Crippen LogP contribution in [0.4, 0.5) is 11.8 Å². The predicted molar refractivity (Wildman–Crippen MR) is 194 cm³/mol. The molecule has 15 heteroatoms. The molecule has 0 radical (unpaired) electrons. The highest BCUT2D eigenvalue weighted by molar-refractivity contribution is 7.92. The Morgan fingerprint density at radius 2 is 1.69 bits per heavy atom. The summed E-state index contributed by atoms with van der Waals surface area (Å²) in [7, 11) is 2.07. The number of piperazine rings is 2. The van der Waals surface area contributed by atoms with E-state index in [9.17, 15) is 9.35 Å². The molecular weight excluding hydrogens is 643 g/mol. The first kappa shape index (κ1) is 36.2. The van der Waals surface area contributed by atoms with Gasteiger partial charge in [0.1, 0.15) is 22.7 Å². The standard InChI is InChI=1S/C34H49N11O3S/c1-23(24(2)35)30(36)41-31-26-18-29(49(47)34(3,4)5)28(19-27(26)39-22-40-31)48-17-7-8-43-11-15-45(16-12-43)33-37-20-25(21-38-33)32(46)44-13-9-42(6)10-14-44/h18-22,35H,7-17,36H2,1-6H3,(H,39,40,41)/b30-23+,35-24?. The van der Waals surface area contributed by atoms with Crippen molar-refractivity contribution in [2.75, 3.05) is 82.8 Å². The number of hydrogen-bond donors (Lipinski definition) is 3. The Morgan fingerprint density at radius 3 is 2.33 bits per heavy atom. The average Bonchev–Trinajstić information content (AvgIpc) is 3.09. The zero-order valence-corrected chi connectivity index (χ0v) is 30.3. The monoisotopic (exact) mass is 691 g/mol. The third-order valence-electron chi connectivity index (χ3n) is 8.88.